The molecule has 0 atom stereocenters. The van der Waals surface area contributed by atoms with Gasteiger partial charge in [-0.25, -0.2) is 14.5 Å². The summed E-state index contributed by atoms with van der Waals surface area (Å²) in [4.78, 5) is 24.0. The molecule has 5 nitrogen and oxygen atoms in total. The van der Waals surface area contributed by atoms with E-state index in [1.165, 1.54) is 13.2 Å². The number of nitrogens with zero attached hydrogens (tertiary/aromatic N) is 1. The zero-order valence-electron chi connectivity index (χ0n) is 9.81. The lowest BCUT2D eigenvalue weighted by Crippen LogP contribution is -2.41. The Morgan fingerprint density at radius 2 is 1.82 bits per heavy atom. The van der Waals surface area contributed by atoms with E-state index in [1.54, 1.807) is 37.3 Å². The molecule has 1 aromatic carbocycles. The molecule has 2 N–H and O–H groups in total. The van der Waals surface area contributed by atoms with E-state index in [2.05, 4.69) is 10.6 Å². The number of imide groups is 1. The van der Waals surface area contributed by atoms with Crippen molar-refractivity contribution in [3.63, 3.8) is 0 Å². The van der Waals surface area contributed by atoms with Crippen LogP contribution in [0.5, 0.6) is 0 Å². The fraction of sp³-hybridized carbons (Fsp3) is 0.167. The van der Waals surface area contributed by atoms with Crippen LogP contribution in [-0.4, -0.2) is 24.0 Å². The number of para-hydroxylation sites is 1. The highest BCUT2D eigenvalue weighted by Crippen LogP contribution is 2.05. The SMILES string of the molecule is CC=CNC(=O)N(C)C(=O)Nc1ccccc1. The monoisotopic (exact) mass is 233 g/mol. The number of benzene rings is 1. The van der Waals surface area contributed by atoms with Crippen molar-refractivity contribution in [3.05, 3.63) is 42.6 Å². The molecule has 0 spiro atoms. The molecular formula is C12H15N3O2. The van der Waals surface area contributed by atoms with Gasteiger partial charge in [-0.2, -0.15) is 0 Å². The molecule has 1 rings (SSSR count). The third kappa shape index (κ3) is 3.98. The number of anilines is 1. The summed E-state index contributed by atoms with van der Waals surface area (Å²) in [5.41, 5.74) is 0.642. The Morgan fingerprint density at radius 1 is 1.18 bits per heavy atom. The van der Waals surface area contributed by atoms with E-state index < -0.39 is 12.1 Å². The fourth-order valence-electron chi connectivity index (χ4n) is 1.07. The molecule has 90 valence electrons. The molecule has 1 aromatic rings. The van der Waals surface area contributed by atoms with Gasteiger partial charge in [0, 0.05) is 18.9 Å². The van der Waals surface area contributed by atoms with Crippen LogP contribution >= 0.6 is 0 Å². The summed E-state index contributed by atoms with van der Waals surface area (Å²) in [7, 11) is 1.40. The Hall–Kier alpha value is -2.30. The number of carbonyl (C=O) groups excluding carboxylic acids is 2. The summed E-state index contributed by atoms with van der Waals surface area (Å²) < 4.78 is 0. The first kappa shape index (κ1) is 12.8. The highest BCUT2D eigenvalue weighted by atomic mass is 16.2. The molecule has 0 radical (unpaired) electrons. The van der Waals surface area contributed by atoms with Crippen LogP contribution in [0.25, 0.3) is 0 Å². The predicted octanol–water partition coefficient (Wildman–Crippen LogP) is 2.39. The Morgan fingerprint density at radius 3 is 2.41 bits per heavy atom. The number of hydrogen-bond donors (Lipinski definition) is 2. The normalized spacial score (nSPS) is 10.0. The Bertz CT molecular complexity index is 415. The van der Waals surface area contributed by atoms with E-state index in [1.807, 2.05) is 6.07 Å². The van der Waals surface area contributed by atoms with Crippen LogP contribution in [0.2, 0.25) is 0 Å². The summed E-state index contributed by atoms with van der Waals surface area (Å²) in [5.74, 6) is 0. The molecule has 0 saturated heterocycles. The van der Waals surface area contributed by atoms with Crippen LogP contribution < -0.4 is 10.6 Å². The Balaban J connectivity index is 2.55. The maximum Gasteiger partial charge on any atom is 0.329 e. The second kappa shape index (κ2) is 6.32. The number of rotatable bonds is 2. The number of nitrogens with one attached hydrogen (secondary N) is 2. The number of amides is 4. The van der Waals surface area contributed by atoms with Gasteiger partial charge in [0.25, 0.3) is 0 Å². The molecule has 0 aliphatic rings. The van der Waals surface area contributed by atoms with Gasteiger partial charge < -0.3 is 10.6 Å². The quantitative estimate of drug-likeness (QED) is 0.823. The topological polar surface area (TPSA) is 61.4 Å². The van der Waals surface area contributed by atoms with Crippen molar-refractivity contribution in [1.82, 2.24) is 10.2 Å². The van der Waals surface area contributed by atoms with E-state index in [0.29, 0.717) is 5.69 Å². The van der Waals surface area contributed by atoms with Crippen LogP contribution in [0.4, 0.5) is 15.3 Å². The highest BCUT2D eigenvalue weighted by molar-refractivity contribution is 6.00. The van der Waals surface area contributed by atoms with Crippen molar-refractivity contribution < 1.29 is 9.59 Å². The van der Waals surface area contributed by atoms with E-state index in [4.69, 9.17) is 0 Å². The molecule has 0 aromatic heterocycles. The minimum absolute atomic E-state index is 0.488. The van der Waals surface area contributed by atoms with Crippen LogP contribution in [-0.2, 0) is 0 Å². The summed E-state index contributed by atoms with van der Waals surface area (Å²) in [6.07, 6.45) is 3.13. The molecule has 0 aliphatic heterocycles. The average molecular weight is 233 g/mol. The largest absolute Gasteiger partial charge is 0.329 e. The zero-order valence-corrected chi connectivity index (χ0v) is 9.81. The number of urea groups is 2. The minimum Gasteiger partial charge on any atom is -0.314 e. The van der Waals surface area contributed by atoms with Crippen LogP contribution in [0.15, 0.2) is 42.6 Å². The molecule has 0 saturated carbocycles. The lowest BCUT2D eigenvalue weighted by Gasteiger charge is -2.15. The molecule has 17 heavy (non-hydrogen) atoms. The third-order valence-corrected chi connectivity index (χ3v) is 2.01. The van der Waals surface area contributed by atoms with Crippen LogP contribution in [0.3, 0.4) is 0 Å². The maximum absolute atomic E-state index is 11.6. The molecule has 0 heterocycles. The average Bonchev–Trinajstić information content (AvgIpc) is 2.36. The number of hydrogen-bond acceptors (Lipinski definition) is 2. The van der Waals surface area contributed by atoms with E-state index >= 15 is 0 Å². The van der Waals surface area contributed by atoms with E-state index in [9.17, 15) is 9.59 Å². The van der Waals surface area contributed by atoms with Gasteiger partial charge in [-0.1, -0.05) is 24.3 Å². The summed E-state index contributed by atoms with van der Waals surface area (Å²) >= 11 is 0. The minimum atomic E-state index is -0.489. The predicted molar refractivity (Wildman–Crippen MR) is 66.6 cm³/mol. The fourth-order valence-corrected chi connectivity index (χ4v) is 1.07. The first-order valence-corrected chi connectivity index (χ1v) is 5.16. The van der Waals surface area contributed by atoms with Gasteiger partial charge in [0.15, 0.2) is 0 Å². The van der Waals surface area contributed by atoms with Gasteiger partial charge in [-0.05, 0) is 19.1 Å². The molecule has 0 bridgehead atoms. The second-order valence-corrected chi connectivity index (χ2v) is 3.30. The highest BCUT2D eigenvalue weighted by Gasteiger charge is 2.15. The van der Waals surface area contributed by atoms with Crippen molar-refractivity contribution in [3.8, 4) is 0 Å². The molecule has 5 heteroatoms. The standard InChI is InChI=1S/C12H15N3O2/c1-3-9-13-11(16)15(2)12(17)14-10-7-5-4-6-8-10/h3-9H,1-2H3,(H,13,16)(H,14,17). The smallest absolute Gasteiger partial charge is 0.314 e. The van der Waals surface area contributed by atoms with Gasteiger partial charge in [0.05, 0.1) is 0 Å². The number of allylic oxidation sites excluding steroid dienone is 1. The van der Waals surface area contributed by atoms with Crippen molar-refractivity contribution in [2.75, 3.05) is 12.4 Å². The maximum atomic E-state index is 11.6. The molecule has 0 fully saturated rings. The van der Waals surface area contributed by atoms with Crippen molar-refractivity contribution in [2.45, 2.75) is 6.92 Å². The first-order valence-electron chi connectivity index (χ1n) is 5.16. The molecule has 0 aliphatic carbocycles. The van der Waals surface area contributed by atoms with Gasteiger partial charge in [-0.15, -0.1) is 0 Å². The van der Waals surface area contributed by atoms with Crippen molar-refractivity contribution in [2.24, 2.45) is 0 Å². The van der Waals surface area contributed by atoms with Crippen LogP contribution in [0, 0.1) is 0 Å². The third-order valence-electron chi connectivity index (χ3n) is 2.01. The first-order chi connectivity index (χ1) is 8.15. The van der Waals surface area contributed by atoms with E-state index in [-0.39, 0.29) is 0 Å². The van der Waals surface area contributed by atoms with Gasteiger partial charge >= 0.3 is 12.1 Å². The Kier molecular flexibility index (Phi) is 4.75. The molecule has 0 unspecified atom stereocenters. The Labute approximate surface area is 100 Å². The van der Waals surface area contributed by atoms with Gasteiger partial charge in [0.1, 0.15) is 0 Å². The van der Waals surface area contributed by atoms with Crippen LogP contribution in [0.1, 0.15) is 6.92 Å². The summed E-state index contributed by atoms with van der Waals surface area (Å²) in [6.45, 7) is 1.77. The van der Waals surface area contributed by atoms with Crippen molar-refractivity contribution in [1.29, 1.82) is 0 Å². The van der Waals surface area contributed by atoms with E-state index in [0.717, 1.165) is 4.90 Å². The summed E-state index contributed by atoms with van der Waals surface area (Å²) in [6, 6.07) is 7.96. The van der Waals surface area contributed by atoms with Gasteiger partial charge in [-0.3, -0.25) is 0 Å². The lowest BCUT2D eigenvalue weighted by molar-refractivity contribution is 0.204. The van der Waals surface area contributed by atoms with Gasteiger partial charge in [0.2, 0.25) is 0 Å². The molecule has 4 amide bonds. The zero-order chi connectivity index (χ0) is 12.7. The lowest BCUT2D eigenvalue weighted by atomic mass is 10.3. The molecular weight excluding hydrogens is 218 g/mol. The second-order valence-electron chi connectivity index (χ2n) is 3.30. The van der Waals surface area contributed by atoms with Crippen molar-refractivity contribution >= 4 is 17.7 Å². The number of carbonyl (C=O) groups is 2. The summed E-state index contributed by atoms with van der Waals surface area (Å²) in [5, 5.41) is 5.05.